The van der Waals surface area contributed by atoms with Crippen LogP contribution in [0.15, 0.2) is 35.2 Å². The molecule has 0 atom stereocenters. The van der Waals surface area contributed by atoms with Crippen molar-refractivity contribution in [2.75, 3.05) is 20.7 Å². The van der Waals surface area contributed by atoms with Gasteiger partial charge >= 0.3 is 0 Å². The molecule has 0 saturated heterocycles. The van der Waals surface area contributed by atoms with E-state index < -0.39 is 0 Å². The number of para-hydroxylation sites is 1. The van der Waals surface area contributed by atoms with Gasteiger partial charge in [0.15, 0.2) is 12.2 Å². The van der Waals surface area contributed by atoms with Gasteiger partial charge in [-0.05, 0) is 38.6 Å². The molecule has 4 heteroatoms. The van der Waals surface area contributed by atoms with E-state index in [0.717, 1.165) is 36.5 Å². The zero-order valence-electron chi connectivity index (χ0n) is 10.8. The number of hydrogen-bond donors (Lipinski definition) is 1. The fraction of sp³-hybridized carbons (Fsp3) is 0.357. The second kappa shape index (κ2) is 6.21. The van der Waals surface area contributed by atoms with Gasteiger partial charge in [-0.1, -0.05) is 12.1 Å². The fourth-order valence-electron chi connectivity index (χ4n) is 1.93. The van der Waals surface area contributed by atoms with Crippen LogP contribution in [0, 0.1) is 0 Å². The Kier molecular flexibility index (Phi) is 4.36. The number of oxazole rings is 1. The van der Waals surface area contributed by atoms with E-state index in [4.69, 9.17) is 9.15 Å². The van der Waals surface area contributed by atoms with Gasteiger partial charge in [0.1, 0.15) is 5.75 Å². The first-order valence-electron chi connectivity index (χ1n) is 6.09. The maximum atomic E-state index is 5.69. The third kappa shape index (κ3) is 2.71. The third-order valence-electron chi connectivity index (χ3n) is 2.63. The maximum Gasteiger partial charge on any atom is 0.181 e. The summed E-state index contributed by atoms with van der Waals surface area (Å²) in [6.45, 7) is 0.790. The van der Waals surface area contributed by atoms with Crippen LogP contribution in [-0.2, 0) is 6.42 Å². The number of rotatable bonds is 1. The molecule has 0 unspecified atom stereocenters. The van der Waals surface area contributed by atoms with E-state index in [1.165, 1.54) is 12.0 Å². The van der Waals surface area contributed by atoms with Crippen LogP contribution in [0.3, 0.4) is 0 Å². The average Bonchev–Trinajstić information content (AvgIpc) is 2.93. The van der Waals surface area contributed by atoms with Crippen LogP contribution < -0.4 is 10.1 Å². The van der Waals surface area contributed by atoms with E-state index in [1.54, 1.807) is 6.20 Å². The second-order valence-corrected chi connectivity index (χ2v) is 4.11. The first-order valence-corrected chi connectivity index (χ1v) is 6.09. The largest absolute Gasteiger partial charge is 0.493 e. The molecule has 0 bridgehead atoms. The van der Waals surface area contributed by atoms with E-state index in [9.17, 15) is 0 Å². The predicted octanol–water partition coefficient (Wildman–Crippen LogP) is 2.50. The Hall–Kier alpha value is -1.81. The van der Waals surface area contributed by atoms with E-state index >= 15 is 0 Å². The molecule has 0 radical (unpaired) electrons. The molecule has 4 nitrogen and oxygen atoms in total. The Balaban J connectivity index is 0.000000367. The van der Waals surface area contributed by atoms with Crippen LogP contribution in [0.5, 0.6) is 5.75 Å². The highest BCUT2D eigenvalue weighted by Gasteiger charge is 2.16. The van der Waals surface area contributed by atoms with Crippen LogP contribution in [0.4, 0.5) is 0 Å². The monoisotopic (exact) mass is 246 g/mol. The molecule has 1 aliphatic heterocycles. The van der Waals surface area contributed by atoms with Gasteiger partial charge in [0.05, 0.1) is 18.4 Å². The summed E-state index contributed by atoms with van der Waals surface area (Å²) < 4.78 is 11.0. The number of nitrogens with zero attached hydrogens (tertiary/aromatic N) is 1. The number of benzene rings is 1. The number of fused-ring (bicyclic) bond motifs is 1. The lowest BCUT2D eigenvalue weighted by Gasteiger charge is -2.19. The van der Waals surface area contributed by atoms with Gasteiger partial charge in [-0.2, -0.15) is 0 Å². The summed E-state index contributed by atoms with van der Waals surface area (Å²) in [5.41, 5.74) is 2.26. The van der Waals surface area contributed by atoms with E-state index in [1.807, 2.05) is 26.2 Å². The fourth-order valence-corrected chi connectivity index (χ4v) is 1.93. The molecule has 96 valence electrons. The van der Waals surface area contributed by atoms with Crippen LogP contribution >= 0.6 is 0 Å². The Morgan fingerprint density at radius 1 is 1.28 bits per heavy atom. The number of ether oxygens (including phenoxy) is 1. The van der Waals surface area contributed by atoms with Gasteiger partial charge in [-0.15, -0.1) is 0 Å². The quantitative estimate of drug-likeness (QED) is 0.839. The van der Waals surface area contributed by atoms with Crippen LogP contribution in [-0.4, -0.2) is 25.7 Å². The van der Waals surface area contributed by atoms with Crippen molar-refractivity contribution in [3.8, 4) is 17.1 Å². The Bertz CT molecular complexity index is 481. The van der Waals surface area contributed by atoms with E-state index in [-0.39, 0.29) is 0 Å². The molecule has 1 aromatic heterocycles. The van der Waals surface area contributed by atoms with Crippen molar-refractivity contribution in [2.24, 2.45) is 0 Å². The van der Waals surface area contributed by atoms with Gasteiger partial charge in [0, 0.05) is 0 Å². The third-order valence-corrected chi connectivity index (χ3v) is 2.63. The van der Waals surface area contributed by atoms with Crippen molar-refractivity contribution in [1.29, 1.82) is 0 Å². The second-order valence-electron chi connectivity index (χ2n) is 4.11. The minimum absolute atomic E-state index is 0.772. The van der Waals surface area contributed by atoms with E-state index in [0.29, 0.717) is 0 Å². The Labute approximate surface area is 107 Å². The molecule has 0 fully saturated rings. The Morgan fingerprint density at radius 2 is 2.11 bits per heavy atom. The van der Waals surface area contributed by atoms with Crippen LogP contribution in [0.25, 0.3) is 11.3 Å². The molecule has 3 rings (SSSR count). The van der Waals surface area contributed by atoms with Crippen LogP contribution in [0.2, 0.25) is 0 Å². The van der Waals surface area contributed by atoms with Crippen molar-refractivity contribution < 1.29 is 9.15 Å². The molecular weight excluding hydrogens is 228 g/mol. The molecule has 0 spiro atoms. The summed E-state index contributed by atoms with van der Waals surface area (Å²) >= 11 is 0. The van der Waals surface area contributed by atoms with Crippen molar-refractivity contribution >= 4 is 0 Å². The number of hydrogen-bond acceptors (Lipinski definition) is 4. The predicted molar refractivity (Wildman–Crippen MR) is 70.7 cm³/mol. The summed E-state index contributed by atoms with van der Waals surface area (Å²) in [6.07, 6.45) is 5.33. The molecule has 1 N–H and O–H groups in total. The molecule has 18 heavy (non-hydrogen) atoms. The first-order chi connectivity index (χ1) is 8.86. The van der Waals surface area contributed by atoms with Crippen molar-refractivity contribution in [1.82, 2.24) is 10.3 Å². The van der Waals surface area contributed by atoms with Gasteiger partial charge in [-0.25, -0.2) is 4.98 Å². The molecule has 2 aromatic rings. The minimum Gasteiger partial charge on any atom is -0.493 e. The molecule has 0 amide bonds. The lowest BCUT2D eigenvalue weighted by Crippen LogP contribution is -2.08. The minimum atomic E-state index is 0.772. The molecule has 1 aliphatic rings. The SMILES string of the molecule is CNC.c1cc2c(c(-c3cnco3)c1)OCCC2. The lowest BCUT2D eigenvalue weighted by molar-refractivity contribution is 0.289. The number of aromatic nitrogens is 1. The summed E-state index contributed by atoms with van der Waals surface area (Å²) in [4.78, 5) is 3.93. The summed E-state index contributed by atoms with van der Waals surface area (Å²) in [5.74, 6) is 1.73. The summed E-state index contributed by atoms with van der Waals surface area (Å²) in [6, 6.07) is 6.14. The van der Waals surface area contributed by atoms with Crippen molar-refractivity contribution in [2.45, 2.75) is 12.8 Å². The van der Waals surface area contributed by atoms with Gasteiger partial charge in [0.25, 0.3) is 0 Å². The molecule has 0 aliphatic carbocycles. The number of nitrogens with one attached hydrogen (secondary N) is 1. The van der Waals surface area contributed by atoms with Gasteiger partial charge in [-0.3, -0.25) is 0 Å². The zero-order chi connectivity index (χ0) is 12.8. The standard InChI is InChI=1S/C12H11NO2.C2H7N/c1-3-9-4-2-6-14-12(9)10(5-1)11-7-13-8-15-11;1-3-2/h1,3,5,7-8H,2,4,6H2;3H,1-2H3. The lowest BCUT2D eigenvalue weighted by atomic mass is 10.0. The highest BCUT2D eigenvalue weighted by molar-refractivity contribution is 5.67. The van der Waals surface area contributed by atoms with E-state index in [2.05, 4.69) is 16.4 Å². The maximum absolute atomic E-state index is 5.69. The van der Waals surface area contributed by atoms with Crippen LogP contribution in [0.1, 0.15) is 12.0 Å². The van der Waals surface area contributed by atoms with Crippen molar-refractivity contribution in [3.63, 3.8) is 0 Å². The van der Waals surface area contributed by atoms with Crippen molar-refractivity contribution in [3.05, 3.63) is 36.4 Å². The topological polar surface area (TPSA) is 47.3 Å². The number of aryl methyl sites for hydroxylation is 1. The van der Waals surface area contributed by atoms with Gasteiger partial charge < -0.3 is 14.5 Å². The first kappa shape index (κ1) is 12.6. The normalized spacial score (nSPS) is 13.0. The summed E-state index contributed by atoms with van der Waals surface area (Å²) in [7, 11) is 3.75. The zero-order valence-corrected chi connectivity index (χ0v) is 10.8. The average molecular weight is 246 g/mol. The summed E-state index contributed by atoms with van der Waals surface area (Å²) in [5, 5.41) is 2.75. The molecule has 0 saturated carbocycles. The highest BCUT2D eigenvalue weighted by atomic mass is 16.5. The molecule has 2 heterocycles. The smallest absolute Gasteiger partial charge is 0.181 e. The van der Waals surface area contributed by atoms with Gasteiger partial charge in [0.2, 0.25) is 0 Å². The molecule has 1 aromatic carbocycles. The molecular formula is C14H18N2O2. The Morgan fingerprint density at radius 3 is 2.83 bits per heavy atom. The highest BCUT2D eigenvalue weighted by Crippen LogP contribution is 2.35.